The van der Waals surface area contributed by atoms with Gasteiger partial charge in [-0.1, -0.05) is 38.1 Å². The topological polar surface area (TPSA) is 72.7 Å². The number of nitrogens with zero attached hydrogens (tertiary/aromatic N) is 4. The zero-order valence-electron chi connectivity index (χ0n) is 17.7. The normalized spacial score (nSPS) is 11.1. The van der Waals surface area contributed by atoms with E-state index in [1.807, 2.05) is 43.3 Å². The van der Waals surface area contributed by atoms with Crippen LogP contribution in [0, 0.1) is 13.8 Å². The minimum absolute atomic E-state index is 0.178. The van der Waals surface area contributed by atoms with E-state index in [1.165, 1.54) is 11.1 Å². The molecule has 1 N–H and O–H groups in total. The average molecular weight is 399 g/mol. The maximum atomic E-state index is 13.0. The molecule has 0 unspecified atom stereocenters. The molecular weight excluding hydrogens is 374 g/mol. The minimum Gasteiger partial charge on any atom is -0.324 e. The van der Waals surface area contributed by atoms with Crippen LogP contribution in [0.25, 0.3) is 16.9 Å². The lowest BCUT2D eigenvalue weighted by Crippen LogP contribution is -2.24. The van der Waals surface area contributed by atoms with Gasteiger partial charge < -0.3 is 5.32 Å². The SMILES string of the molecule is CCc1ccc(Nc2nc(C)c3nc(C)c(=O)n(-c4ccc(CC)cc4)c3n2)cc1. The van der Waals surface area contributed by atoms with E-state index in [-0.39, 0.29) is 5.56 Å². The van der Waals surface area contributed by atoms with Crippen molar-refractivity contribution in [3.8, 4) is 5.69 Å². The Hall–Kier alpha value is -3.54. The Morgan fingerprint density at radius 2 is 1.40 bits per heavy atom. The van der Waals surface area contributed by atoms with Gasteiger partial charge in [-0.15, -0.1) is 0 Å². The molecule has 0 fully saturated rings. The highest BCUT2D eigenvalue weighted by molar-refractivity contribution is 5.77. The summed E-state index contributed by atoms with van der Waals surface area (Å²) in [5.74, 6) is 0.438. The van der Waals surface area contributed by atoms with E-state index in [0.29, 0.717) is 22.8 Å². The number of anilines is 2. The first kappa shape index (κ1) is 19.8. The number of aryl methyl sites for hydroxylation is 4. The Labute approximate surface area is 175 Å². The number of hydrogen-bond acceptors (Lipinski definition) is 5. The van der Waals surface area contributed by atoms with Crippen molar-refractivity contribution in [2.45, 2.75) is 40.5 Å². The summed E-state index contributed by atoms with van der Waals surface area (Å²) >= 11 is 0. The van der Waals surface area contributed by atoms with Crippen LogP contribution in [0.1, 0.15) is 36.4 Å². The Morgan fingerprint density at radius 3 is 2.00 bits per heavy atom. The Bertz CT molecular complexity index is 1260. The van der Waals surface area contributed by atoms with Gasteiger partial charge in [-0.05, 0) is 62.1 Å². The first-order valence-corrected chi connectivity index (χ1v) is 10.2. The molecular formula is C24H25N5O. The number of aromatic nitrogens is 4. The smallest absolute Gasteiger partial charge is 0.278 e. The first-order valence-electron chi connectivity index (χ1n) is 10.2. The van der Waals surface area contributed by atoms with Crippen LogP contribution in [-0.4, -0.2) is 19.5 Å². The summed E-state index contributed by atoms with van der Waals surface area (Å²) < 4.78 is 1.62. The number of rotatable bonds is 5. The number of fused-ring (bicyclic) bond motifs is 1. The van der Waals surface area contributed by atoms with Crippen molar-refractivity contribution in [2.24, 2.45) is 0 Å². The molecule has 4 rings (SSSR count). The van der Waals surface area contributed by atoms with E-state index in [4.69, 9.17) is 0 Å². The molecule has 4 aromatic rings. The van der Waals surface area contributed by atoms with Gasteiger partial charge in [0.15, 0.2) is 5.65 Å². The second kappa shape index (κ2) is 8.06. The maximum Gasteiger partial charge on any atom is 0.278 e. The van der Waals surface area contributed by atoms with E-state index in [2.05, 4.69) is 46.2 Å². The van der Waals surface area contributed by atoms with Crippen molar-refractivity contribution < 1.29 is 0 Å². The van der Waals surface area contributed by atoms with Crippen LogP contribution < -0.4 is 10.9 Å². The fraction of sp³-hybridized carbons (Fsp3) is 0.250. The van der Waals surface area contributed by atoms with Gasteiger partial charge in [-0.25, -0.2) is 9.97 Å². The van der Waals surface area contributed by atoms with E-state index < -0.39 is 0 Å². The number of nitrogens with one attached hydrogen (secondary N) is 1. The summed E-state index contributed by atoms with van der Waals surface area (Å²) in [5.41, 5.74) is 6.22. The quantitative estimate of drug-likeness (QED) is 0.528. The van der Waals surface area contributed by atoms with E-state index in [9.17, 15) is 4.79 Å². The summed E-state index contributed by atoms with van der Waals surface area (Å²) in [4.78, 5) is 26.7. The van der Waals surface area contributed by atoms with Gasteiger partial charge in [0.25, 0.3) is 5.56 Å². The largest absolute Gasteiger partial charge is 0.324 e. The fourth-order valence-electron chi connectivity index (χ4n) is 3.44. The van der Waals surface area contributed by atoms with Crippen molar-refractivity contribution in [1.29, 1.82) is 0 Å². The standard InChI is InChI=1S/C24H25N5O/c1-5-17-7-11-19(12-8-17)27-24-26-15(3)21-22(28-24)29(23(30)16(4)25-21)20-13-9-18(6-2)10-14-20/h7-14H,5-6H2,1-4H3,(H,26,27,28). The lowest BCUT2D eigenvalue weighted by Gasteiger charge is -2.14. The molecule has 2 aromatic carbocycles. The monoisotopic (exact) mass is 399 g/mol. The lowest BCUT2D eigenvalue weighted by molar-refractivity contribution is 0.941. The van der Waals surface area contributed by atoms with Crippen LogP contribution in [0.4, 0.5) is 11.6 Å². The molecule has 0 aliphatic carbocycles. The zero-order chi connectivity index (χ0) is 21.3. The summed E-state index contributed by atoms with van der Waals surface area (Å²) in [5, 5.41) is 3.25. The Morgan fingerprint density at radius 1 is 0.800 bits per heavy atom. The van der Waals surface area contributed by atoms with Gasteiger partial charge in [0.05, 0.1) is 11.4 Å². The first-order chi connectivity index (χ1) is 14.5. The van der Waals surface area contributed by atoms with Crippen LogP contribution in [0.2, 0.25) is 0 Å². The summed E-state index contributed by atoms with van der Waals surface area (Å²) in [7, 11) is 0. The van der Waals surface area contributed by atoms with E-state index in [1.54, 1.807) is 11.5 Å². The van der Waals surface area contributed by atoms with E-state index in [0.717, 1.165) is 29.9 Å². The van der Waals surface area contributed by atoms with Gasteiger partial charge >= 0.3 is 0 Å². The van der Waals surface area contributed by atoms with Crippen LogP contribution in [-0.2, 0) is 12.8 Å². The van der Waals surface area contributed by atoms with E-state index >= 15 is 0 Å². The molecule has 152 valence electrons. The highest BCUT2D eigenvalue weighted by Crippen LogP contribution is 2.21. The molecule has 0 amide bonds. The third kappa shape index (κ3) is 3.68. The number of hydrogen-bond donors (Lipinski definition) is 1. The molecule has 6 heteroatoms. The van der Waals surface area contributed by atoms with Crippen LogP contribution in [0.15, 0.2) is 53.3 Å². The van der Waals surface area contributed by atoms with Gasteiger partial charge in [0.2, 0.25) is 5.95 Å². The fourth-order valence-corrected chi connectivity index (χ4v) is 3.44. The molecule has 2 aromatic heterocycles. The molecule has 0 bridgehead atoms. The predicted molar refractivity (Wildman–Crippen MR) is 121 cm³/mol. The second-order valence-electron chi connectivity index (χ2n) is 7.34. The van der Waals surface area contributed by atoms with Crippen LogP contribution in [0.5, 0.6) is 0 Å². The van der Waals surface area contributed by atoms with Crippen LogP contribution in [0.3, 0.4) is 0 Å². The summed E-state index contributed by atoms with van der Waals surface area (Å²) in [6.45, 7) is 7.84. The highest BCUT2D eigenvalue weighted by atomic mass is 16.1. The van der Waals surface area contributed by atoms with Gasteiger partial charge in [0.1, 0.15) is 11.2 Å². The number of benzene rings is 2. The summed E-state index contributed by atoms with van der Waals surface area (Å²) in [6, 6.07) is 16.1. The van der Waals surface area contributed by atoms with Crippen molar-refractivity contribution in [3.05, 3.63) is 81.4 Å². The lowest BCUT2D eigenvalue weighted by atomic mass is 10.1. The third-order valence-corrected chi connectivity index (χ3v) is 5.26. The molecule has 2 heterocycles. The maximum absolute atomic E-state index is 13.0. The van der Waals surface area contributed by atoms with Gasteiger partial charge in [0, 0.05) is 5.69 Å². The van der Waals surface area contributed by atoms with Crippen molar-refractivity contribution in [3.63, 3.8) is 0 Å². The van der Waals surface area contributed by atoms with Gasteiger partial charge in [-0.3, -0.25) is 9.36 Å². The highest BCUT2D eigenvalue weighted by Gasteiger charge is 2.15. The molecule has 0 saturated heterocycles. The predicted octanol–water partition coefficient (Wildman–Crippen LogP) is 4.66. The third-order valence-electron chi connectivity index (χ3n) is 5.26. The van der Waals surface area contributed by atoms with Gasteiger partial charge in [-0.2, -0.15) is 4.98 Å². The zero-order valence-corrected chi connectivity index (χ0v) is 17.7. The average Bonchev–Trinajstić information content (AvgIpc) is 2.76. The molecule has 30 heavy (non-hydrogen) atoms. The minimum atomic E-state index is -0.178. The molecule has 0 atom stereocenters. The van der Waals surface area contributed by atoms with Crippen molar-refractivity contribution in [2.75, 3.05) is 5.32 Å². The molecule has 0 aliphatic heterocycles. The molecule has 0 aliphatic rings. The Kier molecular flexibility index (Phi) is 5.31. The summed E-state index contributed by atoms with van der Waals surface area (Å²) in [6.07, 6.45) is 1.93. The van der Waals surface area contributed by atoms with Crippen LogP contribution >= 0.6 is 0 Å². The molecule has 0 spiro atoms. The van der Waals surface area contributed by atoms with Crippen molar-refractivity contribution in [1.82, 2.24) is 19.5 Å². The molecule has 6 nitrogen and oxygen atoms in total. The molecule has 0 radical (unpaired) electrons. The second-order valence-corrected chi connectivity index (χ2v) is 7.34. The van der Waals surface area contributed by atoms with Crippen molar-refractivity contribution >= 4 is 22.8 Å². The molecule has 0 saturated carbocycles. The Balaban J connectivity index is 1.87.